The van der Waals surface area contributed by atoms with E-state index in [1.54, 1.807) is 12.1 Å². The van der Waals surface area contributed by atoms with Gasteiger partial charge < -0.3 is 19.7 Å². The fourth-order valence-corrected chi connectivity index (χ4v) is 4.80. The number of ketones is 1. The largest absolute Gasteiger partial charge is 0.489 e. The van der Waals surface area contributed by atoms with Gasteiger partial charge in [-0.2, -0.15) is 26.3 Å². The van der Waals surface area contributed by atoms with Gasteiger partial charge in [0.15, 0.2) is 0 Å². The third-order valence-electron chi connectivity index (χ3n) is 7.00. The molecule has 7 nitrogen and oxygen atoms in total. The summed E-state index contributed by atoms with van der Waals surface area (Å²) in [6, 6.07) is 19.9. The highest BCUT2D eigenvalue weighted by Gasteiger charge is 2.38. The number of Topliss-reactive ketones (excluding diaryl/α,β-unsaturated/α-hetero) is 1. The number of aromatic carboxylic acids is 1. The number of carboxylic acids is 1. The van der Waals surface area contributed by atoms with Crippen LogP contribution in [0.4, 0.5) is 32.0 Å². The van der Waals surface area contributed by atoms with E-state index in [-0.39, 0.29) is 46.1 Å². The second-order valence-electron chi connectivity index (χ2n) is 10.2. The summed E-state index contributed by atoms with van der Waals surface area (Å²) < 4.78 is 88.4. The molecule has 236 valence electrons. The molecule has 1 amide bonds. The van der Waals surface area contributed by atoms with Gasteiger partial charge in [-0.05, 0) is 59.7 Å². The van der Waals surface area contributed by atoms with E-state index >= 15 is 0 Å². The maximum absolute atomic E-state index is 13.9. The van der Waals surface area contributed by atoms with Gasteiger partial charge >= 0.3 is 18.3 Å². The average molecular weight is 641 g/mol. The van der Waals surface area contributed by atoms with Crippen LogP contribution in [0.25, 0.3) is 10.9 Å². The summed E-state index contributed by atoms with van der Waals surface area (Å²) in [6.07, 6.45) is -8.99. The molecule has 4 aromatic carbocycles. The second-order valence-corrected chi connectivity index (χ2v) is 10.2. The number of nitrogens with zero attached hydrogens (tertiary/aromatic N) is 1. The summed E-state index contributed by atoms with van der Waals surface area (Å²) in [5.74, 6) is -3.27. The van der Waals surface area contributed by atoms with Crippen molar-refractivity contribution in [1.82, 2.24) is 4.57 Å². The molecule has 0 aliphatic rings. The summed E-state index contributed by atoms with van der Waals surface area (Å²) in [7, 11) is 0. The van der Waals surface area contributed by atoms with Crippen molar-refractivity contribution in [1.29, 1.82) is 0 Å². The molecule has 46 heavy (non-hydrogen) atoms. The summed E-state index contributed by atoms with van der Waals surface area (Å²) in [4.78, 5) is 37.7. The maximum Gasteiger partial charge on any atom is 0.416 e. The number of anilines is 1. The number of aromatic nitrogens is 1. The minimum Gasteiger partial charge on any atom is -0.489 e. The quantitative estimate of drug-likeness (QED) is 0.0973. The minimum atomic E-state index is -5.12. The molecule has 1 aromatic heterocycles. The molecule has 13 heteroatoms. The lowest BCUT2D eigenvalue weighted by Crippen LogP contribution is -2.23. The smallest absolute Gasteiger partial charge is 0.416 e. The first-order valence-electron chi connectivity index (χ1n) is 13.5. The van der Waals surface area contributed by atoms with E-state index in [2.05, 4.69) is 5.32 Å². The van der Waals surface area contributed by atoms with Crippen LogP contribution in [0.2, 0.25) is 0 Å². The predicted molar refractivity (Wildman–Crippen MR) is 155 cm³/mol. The Hall–Kier alpha value is -5.59. The van der Waals surface area contributed by atoms with Crippen molar-refractivity contribution in [3.05, 3.63) is 131 Å². The van der Waals surface area contributed by atoms with Gasteiger partial charge in [-0.1, -0.05) is 42.5 Å². The van der Waals surface area contributed by atoms with Crippen molar-refractivity contribution < 1.29 is 50.6 Å². The van der Waals surface area contributed by atoms with Crippen LogP contribution in [0.3, 0.4) is 0 Å². The van der Waals surface area contributed by atoms with Crippen LogP contribution in [0.1, 0.15) is 43.0 Å². The Kier molecular flexibility index (Phi) is 8.59. The van der Waals surface area contributed by atoms with E-state index in [0.717, 1.165) is 23.9 Å². The molecule has 0 saturated carbocycles. The number of hydrogen-bond acceptors (Lipinski definition) is 4. The Morgan fingerprint density at radius 1 is 0.804 bits per heavy atom. The van der Waals surface area contributed by atoms with Crippen molar-refractivity contribution in [3.63, 3.8) is 0 Å². The van der Waals surface area contributed by atoms with Crippen LogP contribution in [0, 0.1) is 0 Å². The second kappa shape index (κ2) is 12.4. The lowest BCUT2D eigenvalue weighted by atomic mass is 10.0. The lowest BCUT2D eigenvalue weighted by molar-refractivity contribution is -0.143. The molecule has 0 aliphatic carbocycles. The molecule has 0 unspecified atom stereocenters. The van der Waals surface area contributed by atoms with Gasteiger partial charge in [0.1, 0.15) is 12.4 Å². The van der Waals surface area contributed by atoms with Crippen LogP contribution >= 0.6 is 0 Å². The highest BCUT2D eigenvalue weighted by Crippen LogP contribution is 2.38. The summed E-state index contributed by atoms with van der Waals surface area (Å²) >= 11 is 0. The SMILES string of the molecule is O=C(Nc1cccc(C(=O)O)c1)C(=O)c1cn(Cc2ccc(C(F)(F)F)cc2C(F)(F)F)c2ccc(OCc3ccccc3)cc12. The van der Waals surface area contributed by atoms with Crippen LogP contribution in [-0.2, 0) is 30.3 Å². The molecule has 0 fully saturated rings. The van der Waals surface area contributed by atoms with Gasteiger partial charge in [-0.15, -0.1) is 0 Å². The zero-order valence-corrected chi connectivity index (χ0v) is 23.4. The Balaban J connectivity index is 1.54. The standard InChI is InChI=1S/C33H22F6N2O5/c34-32(35,36)22-10-9-21(27(14-22)33(37,38)39)16-41-17-26(29(42)30(43)40-23-8-4-7-20(13-23)31(44)45)25-15-24(11-12-28(25)41)46-18-19-5-2-1-3-6-19/h1-15,17H,16,18H2,(H,40,43)(H,44,45). The number of benzene rings is 4. The van der Waals surface area contributed by atoms with Crippen LogP contribution in [0.15, 0.2) is 97.2 Å². The van der Waals surface area contributed by atoms with Crippen molar-refractivity contribution in [2.75, 3.05) is 5.32 Å². The van der Waals surface area contributed by atoms with Gasteiger partial charge in [-0.25, -0.2) is 4.79 Å². The zero-order valence-electron chi connectivity index (χ0n) is 23.4. The number of fused-ring (bicyclic) bond motifs is 1. The molecular formula is C33H22F6N2O5. The number of carboxylic acid groups (broad SMARTS) is 1. The van der Waals surface area contributed by atoms with E-state index < -0.39 is 53.2 Å². The Morgan fingerprint density at radius 2 is 1.54 bits per heavy atom. The number of carbonyl (C=O) groups is 3. The van der Waals surface area contributed by atoms with E-state index in [4.69, 9.17) is 4.74 Å². The minimum absolute atomic E-state index is 0.00782. The molecule has 0 atom stereocenters. The summed E-state index contributed by atoms with van der Waals surface area (Å²) in [6.45, 7) is -0.458. The van der Waals surface area contributed by atoms with Crippen molar-refractivity contribution in [2.24, 2.45) is 0 Å². The fourth-order valence-electron chi connectivity index (χ4n) is 4.80. The van der Waals surface area contributed by atoms with Gasteiger partial charge in [0, 0.05) is 29.3 Å². The third kappa shape index (κ3) is 7.04. The topological polar surface area (TPSA) is 97.6 Å². The highest BCUT2D eigenvalue weighted by molar-refractivity contribution is 6.48. The van der Waals surface area contributed by atoms with Gasteiger partial charge in [0.25, 0.3) is 11.7 Å². The Morgan fingerprint density at radius 3 is 2.22 bits per heavy atom. The number of nitrogens with one attached hydrogen (secondary N) is 1. The molecular weight excluding hydrogens is 618 g/mol. The number of hydrogen-bond donors (Lipinski definition) is 2. The average Bonchev–Trinajstić information content (AvgIpc) is 3.36. The molecule has 0 radical (unpaired) electrons. The first kappa shape index (κ1) is 31.8. The van der Waals surface area contributed by atoms with E-state index in [0.29, 0.717) is 6.07 Å². The Labute approximate surface area is 256 Å². The first-order valence-corrected chi connectivity index (χ1v) is 13.5. The number of carbonyl (C=O) groups excluding carboxylic acids is 2. The molecule has 0 saturated heterocycles. The van der Waals surface area contributed by atoms with Gasteiger partial charge in [0.05, 0.1) is 22.3 Å². The van der Waals surface area contributed by atoms with Gasteiger partial charge in [-0.3, -0.25) is 9.59 Å². The van der Waals surface area contributed by atoms with Crippen LogP contribution < -0.4 is 10.1 Å². The number of rotatable bonds is 9. The fraction of sp³-hybridized carbons (Fsp3) is 0.121. The highest BCUT2D eigenvalue weighted by atomic mass is 19.4. The first-order chi connectivity index (χ1) is 21.7. The summed E-state index contributed by atoms with van der Waals surface area (Å²) in [5, 5.41) is 11.7. The van der Waals surface area contributed by atoms with Crippen molar-refractivity contribution in [3.8, 4) is 5.75 Å². The number of halogens is 6. The molecule has 0 bridgehead atoms. The van der Waals surface area contributed by atoms with Crippen molar-refractivity contribution >= 4 is 34.3 Å². The van der Waals surface area contributed by atoms with Crippen LogP contribution in [-0.4, -0.2) is 27.3 Å². The lowest BCUT2D eigenvalue weighted by Gasteiger charge is -2.17. The van der Waals surface area contributed by atoms with E-state index in [1.807, 2.05) is 18.2 Å². The molecule has 5 rings (SSSR count). The van der Waals surface area contributed by atoms with Crippen LogP contribution in [0.5, 0.6) is 5.75 Å². The number of ether oxygens (including phenoxy) is 1. The maximum atomic E-state index is 13.9. The third-order valence-corrected chi connectivity index (χ3v) is 7.00. The molecule has 1 heterocycles. The Bertz CT molecular complexity index is 1950. The van der Waals surface area contributed by atoms with E-state index in [9.17, 15) is 45.8 Å². The van der Waals surface area contributed by atoms with Gasteiger partial charge in [0.2, 0.25) is 0 Å². The monoisotopic (exact) mass is 640 g/mol. The van der Waals surface area contributed by atoms with Crippen molar-refractivity contribution in [2.45, 2.75) is 25.5 Å². The normalized spacial score (nSPS) is 11.8. The molecule has 5 aromatic rings. The molecule has 0 aliphatic heterocycles. The molecule has 2 N–H and O–H groups in total. The number of amides is 1. The molecule has 0 spiro atoms. The summed E-state index contributed by atoms with van der Waals surface area (Å²) in [5.41, 5.74) is -2.84. The zero-order chi connectivity index (χ0) is 33.2. The predicted octanol–water partition coefficient (Wildman–Crippen LogP) is 7.83. The van der Waals surface area contributed by atoms with E-state index in [1.165, 1.54) is 41.0 Å². The number of alkyl halides is 6.